The van der Waals surface area contributed by atoms with Gasteiger partial charge in [-0.25, -0.2) is 8.42 Å². The standard InChI is InChI=1S/C23H32N2O4S/c1-16-3-4-19(10-20(16)30(27,28)25-5-7-29-8-6-25)24-21(26)23-13-17-9-18(14-23)12-22(2,11-17)15-23/h3-4,10,17-18H,5-9,11-15H2,1-2H3,(H,24,26). The van der Waals surface area contributed by atoms with Gasteiger partial charge in [0.2, 0.25) is 15.9 Å². The van der Waals surface area contributed by atoms with Gasteiger partial charge in [0.05, 0.1) is 23.5 Å². The van der Waals surface area contributed by atoms with Crippen LogP contribution in [0.4, 0.5) is 5.69 Å². The number of nitrogens with zero attached hydrogens (tertiary/aromatic N) is 1. The molecule has 5 fully saturated rings. The first kappa shape index (κ1) is 20.5. The van der Waals surface area contributed by atoms with Crippen LogP contribution in [-0.4, -0.2) is 44.9 Å². The van der Waals surface area contributed by atoms with Crippen molar-refractivity contribution in [3.8, 4) is 0 Å². The van der Waals surface area contributed by atoms with E-state index in [1.807, 2.05) is 6.07 Å². The number of morpholine rings is 1. The average molecular weight is 433 g/mol. The molecule has 2 atom stereocenters. The first-order valence-electron chi connectivity index (χ1n) is 11.2. The van der Waals surface area contributed by atoms with Crippen LogP contribution < -0.4 is 5.32 Å². The molecule has 164 valence electrons. The number of hydrogen-bond acceptors (Lipinski definition) is 4. The molecule has 1 aromatic rings. The number of carbonyl (C=O) groups excluding carboxylic acids is 1. The molecule has 6 rings (SSSR count). The third kappa shape index (κ3) is 3.39. The van der Waals surface area contributed by atoms with Crippen molar-refractivity contribution in [3.05, 3.63) is 23.8 Å². The molecule has 1 N–H and O–H groups in total. The van der Waals surface area contributed by atoms with E-state index in [2.05, 4.69) is 12.2 Å². The third-order valence-corrected chi connectivity index (χ3v) is 9.91. The van der Waals surface area contributed by atoms with Gasteiger partial charge in [0.25, 0.3) is 0 Å². The number of benzene rings is 1. The summed E-state index contributed by atoms with van der Waals surface area (Å²) in [7, 11) is -3.60. The number of sulfonamides is 1. The number of anilines is 1. The van der Waals surface area contributed by atoms with Gasteiger partial charge in [0.15, 0.2) is 0 Å². The summed E-state index contributed by atoms with van der Waals surface area (Å²) < 4.78 is 33.1. The van der Waals surface area contributed by atoms with Gasteiger partial charge in [-0.05, 0) is 80.4 Å². The van der Waals surface area contributed by atoms with E-state index >= 15 is 0 Å². The minimum absolute atomic E-state index is 0.0846. The Morgan fingerprint density at radius 2 is 1.80 bits per heavy atom. The summed E-state index contributed by atoms with van der Waals surface area (Å²) in [5, 5.41) is 3.11. The molecule has 1 amide bonds. The van der Waals surface area contributed by atoms with Gasteiger partial charge >= 0.3 is 0 Å². The van der Waals surface area contributed by atoms with Crippen molar-refractivity contribution in [2.24, 2.45) is 22.7 Å². The summed E-state index contributed by atoms with van der Waals surface area (Å²) in [5.41, 5.74) is 1.28. The second-order valence-corrected chi connectivity index (χ2v) is 12.4. The zero-order valence-corrected chi connectivity index (χ0v) is 18.8. The summed E-state index contributed by atoms with van der Waals surface area (Å²) >= 11 is 0. The van der Waals surface area contributed by atoms with Crippen LogP contribution in [0.15, 0.2) is 23.1 Å². The molecular weight excluding hydrogens is 400 g/mol. The SMILES string of the molecule is Cc1ccc(NC(=O)C23CC4CC(CC(C)(C4)C2)C3)cc1S(=O)(=O)N1CCOCC1. The summed E-state index contributed by atoms with van der Waals surface area (Å²) in [5.74, 6) is 1.41. The van der Waals surface area contributed by atoms with Crippen LogP contribution in [0.2, 0.25) is 0 Å². The molecule has 6 nitrogen and oxygen atoms in total. The minimum atomic E-state index is -3.60. The lowest BCUT2D eigenvalue weighted by atomic mass is 9.44. The van der Waals surface area contributed by atoms with E-state index in [4.69, 9.17) is 4.74 Å². The summed E-state index contributed by atoms with van der Waals surface area (Å²) in [6.45, 7) is 5.71. The quantitative estimate of drug-likeness (QED) is 0.789. The minimum Gasteiger partial charge on any atom is -0.379 e. The first-order chi connectivity index (χ1) is 14.2. The zero-order valence-electron chi connectivity index (χ0n) is 17.9. The highest BCUT2D eigenvalue weighted by Crippen LogP contribution is 2.65. The molecule has 7 heteroatoms. The average Bonchev–Trinajstić information content (AvgIpc) is 2.68. The second-order valence-electron chi connectivity index (χ2n) is 10.5. The monoisotopic (exact) mass is 432 g/mol. The van der Waals surface area contributed by atoms with Crippen LogP contribution in [0.5, 0.6) is 0 Å². The Labute approximate surface area is 179 Å². The van der Waals surface area contributed by atoms with Crippen molar-refractivity contribution in [1.29, 1.82) is 0 Å². The van der Waals surface area contributed by atoms with Crippen LogP contribution in [-0.2, 0) is 19.6 Å². The van der Waals surface area contributed by atoms with Crippen LogP contribution in [0, 0.1) is 29.6 Å². The molecule has 1 aliphatic heterocycles. The van der Waals surface area contributed by atoms with Crippen molar-refractivity contribution in [2.45, 2.75) is 57.3 Å². The fraction of sp³-hybridized carbons (Fsp3) is 0.696. The molecule has 4 saturated carbocycles. The van der Waals surface area contributed by atoms with E-state index < -0.39 is 10.0 Å². The molecule has 5 aliphatic rings. The van der Waals surface area contributed by atoms with E-state index in [-0.39, 0.29) is 16.2 Å². The van der Waals surface area contributed by atoms with Crippen LogP contribution >= 0.6 is 0 Å². The van der Waals surface area contributed by atoms with Crippen molar-refractivity contribution in [1.82, 2.24) is 4.31 Å². The van der Waals surface area contributed by atoms with E-state index in [0.717, 1.165) is 19.3 Å². The molecular formula is C23H32N2O4S. The summed E-state index contributed by atoms with van der Waals surface area (Å²) in [4.78, 5) is 13.7. The Morgan fingerprint density at radius 1 is 1.13 bits per heavy atom. The largest absolute Gasteiger partial charge is 0.379 e. The number of carbonyl (C=O) groups is 1. The highest BCUT2D eigenvalue weighted by Gasteiger charge is 2.58. The number of hydrogen-bond donors (Lipinski definition) is 1. The molecule has 0 spiro atoms. The van der Waals surface area contributed by atoms with Crippen LogP contribution in [0.1, 0.15) is 51.0 Å². The van der Waals surface area contributed by atoms with Gasteiger partial charge in [0.1, 0.15) is 0 Å². The number of ether oxygens (including phenoxy) is 1. The number of nitrogens with one attached hydrogen (secondary N) is 1. The van der Waals surface area contributed by atoms with Crippen LogP contribution in [0.25, 0.3) is 0 Å². The molecule has 4 bridgehead atoms. The van der Waals surface area contributed by atoms with Gasteiger partial charge in [-0.3, -0.25) is 4.79 Å². The normalized spacial score (nSPS) is 36.1. The Kier molecular flexibility index (Phi) is 4.80. The molecule has 2 unspecified atom stereocenters. The first-order valence-corrected chi connectivity index (χ1v) is 12.6. The van der Waals surface area contributed by atoms with E-state index in [1.165, 1.54) is 23.6 Å². The van der Waals surface area contributed by atoms with Gasteiger partial charge in [-0.2, -0.15) is 4.31 Å². The van der Waals surface area contributed by atoms with Crippen molar-refractivity contribution >= 4 is 21.6 Å². The fourth-order valence-corrected chi connectivity index (χ4v) is 8.79. The fourth-order valence-electron chi connectivity index (χ4n) is 7.13. The van der Waals surface area contributed by atoms with E-state index in [1.54, 1.807) is 19.1 Å². The van der Waals surface area contributed by atoms with Gasteiger partial charge in [-0.15, -0.1) is 0 Å². The highest BCUT2D eigenvalue weighted by atomic mass is 32.2. The Hall–Kier alpha value is -1.44. The molecule has 0 radical (unpaired) electrons. The molecule has 1 aromatic carbocycles. The summed E-state index contributed by atoms with van der Waals surface area (Å²) in [6, 6.07) is 5.26. The number of aryl methyl sites for hydroxylation is 1. The van der Waals surface area contributed by atoms with Gasteiger partial charge in [0, 0.05) is 18.8 Å². The highest BCUT2D eigenvalue weighted by molar-refractivity contribution is 7.89. The predicted molar refractivity (Wildman–Crippen MR) is 115 cm³/mol. The zero-order chi connectivity index (χ0) is 21.1. The third-order valence-electron chi connectivity index (χ3n) is 7.87. The molecule has 1 heterocycles. The van der Waals surface area contributed by atoms with Crippen molar-refractivity contribution < 1.29 is 17.9 Å². The predicted octanol–water partition coefficient (Wildman–Crippen LogP) is 3.56. The smallest absolute Gasteiger partial charge is 0.243 e. The Morgan fingerprint density at radius 3 is 2.43 bits per heavy atom. The van der Waals surface area contributed by atoms with Crippen LogP contribution in [0.3, 0.4) is 0 Å². The maximum absolute atomic E-state index is 13.5. The topological polar surface area (TPSA) is 75.7 Å². The van der Waals surface area contributed by atoms with Gasteiger partial charge in [-0.1, -0.05) is 13.0 Å². The molecule has 4 aliphatic carbocycles. The summed E-state index contributed by atoms with van der Waals surface area (Å²) in [6.07, 6.45) is 6.71. The molecule has 0 aromatic heterocycles. The van der Waals surface area contributed by atoms with Crippen molar-refractivity contribution in [3.63, 3.8) is 0 Å². The second kappa shape index (κ2) is 7.04. The molecule has 30 heavy (non-hydrogen) atoms. The number of rotatable bonds is 4. The Balaban J connectivity index is 1.39. The maximum Gasteiger partial charge on any atom is 0.243 e. The van der Waals surface area contributed by atoms with E-state index in [0.29, 0.717) is 54.8 Å². The maximum atomic E-state index is 13.5. The number of amides is 1. The van der Waals surface area contributed by atoms with Gasteiger partial charge < -0.3 is 10.1 Å². The lowest BCUT2D eigenvalue weighted by molar-refractivity contribution is -0.149. The lowest BCUT2D eigenvalue weighted by Crippen LogP contribution is -2.55. The van der Waals surface area contributed by atoms with Crippen molar-refractivity contribution in [2.75, 3.05) is 31.6 Å². The Bertz CT molecular complexity index is 953. The van der Waals surface area contributed by atoms with E-state index in [9.17, 15) is 13.2 Å². The molecule has 1 saturated heterocycles. The lowest BCUT2D eigenvalue weighted by Gasteiger charge is -2.60.